The van der Waals surface area contributed by atoms with Crippen LogP contribution in [0.5, 0.6) is 5.75 Å². The van der Waals surface area contributed by atoms with Crippen LogP contribution in [0.2, 0.25) is 0 Å². The van der Waals surface area contributed by atoms with Crippen molar-refractivity contribution in [1.82, 2.24) is 4.90 Å². The van der Waals surface area contributed by atoms with Gasteiger partial charge in [-0.1, -0.05) is 12.1 Å². The fourth-order valence-electron chi connectivity index (χ4n) is 2.43. The quantitative estimate of drug-likeness (QED) is 0.762. The second-order valence-corrected chi connectivity index (χ2v) is 4.72. The van der Waals surface area contributed by atoms with Gasteiger partial charge in [0.2, 0.25) is 0 Å². The number of ether oxygens (including phenoxy) is 1. The van der Waals surface area contributed by atoms with Crippen molar-refractivity contribution in [2.75, 3.05) is 26.8 Å². The van der Waals surface area contributed by atoms with Gasteiger partial charge in [0.05, 0.1) is 13.7 Å². The normalized spacial score (nSPS) is 16.9. The second kappa shape index (κ2) is 6.18. The highest BCUT2D eigenvalue weighted by atomic mass is 16.5. The van der Waals surface area contributed by atoms with Crippen molar-refractivity contribution >= 4 is 0 Å². The van der Waals surface area contributed by atoms with Gasteiger partial charge in [-0.2, -0.15) is 0 Å². The molecule has 1 fully saturated rings. The summed E-state index contributed by atoms with van der Waals surface area (Å²) in [7, 11) is 1.67. The van der Waals surface area contributed by atoms with E-state index in [4.69, 9.17) is 10.5 Å². The predicted molar refractivity (Wildman–Crippen MR) is 71.6 cm³/mol. The molecule has 1 unspecified atom stereocenters. The molecule has 0 heterocycles. The summed E-state index contributed by atoms with van der Waals surface area (Å²) < 4.78 is 5.26. The van der Waals surface area contributed by atoms with Crippen LogP contribution >= 0.6 is 0 Å². The molecule has 3 N–H and O–H groups in total. The Morgan fingerprint density at radius 2 is 2.28 bits per heavy atom. The van der Waals surface area contributed by atoms with Gasteiger partial charge in [-0.3, -0.25) is 4.90 Å². The van der Waals surface area contributed by atoms with Gasteiger partial charge in [-0.15, -0.1) is 0 Å². The minimum absolute atomic E-state index is 0.166. The smallest absolute Gasteiger partial charge is 0.119 e. The van der Waals surface area contributed by atoms with E-state index in [1.54, 1.807) is 7.11 Å². The van der Waals surface area contributed by atoms with Crippen LogP contribution in [0.3, 0.4) is 0 Å². The Labute approximate surface area is 108 Å². The summed E-state index contributed by atoms with van der Waals surface area (Å²) in [6, 6.07) is 8.78. The molecule has 1 saturated carbocycles. The van der Waals surface area contributed by atoms with E-state index in [2.05, 4.69) is 11.0 Å². The fraction of sp³-hybridized carbons (Fsp3) is 0.571. The zero-order valence-corrected chi connectivity index (χ0v) is 10.9. The molecule has 0 amide bonds. The molecule has 1 aliphatic carbocycles. The van der Waals surface area contributed by atoms with Crippen LogP contribution in [0.4, 0.5) is 0 Å². The van der Waals surface area contributed by atoms with Gasteiger partial charge in [0.1, 0.15) is 5.75 Å². The maximum absolute atomic E-state index is 9.20. The molecule has 0 radical (unpaired) electrons. The van der Waals surface area contributed by atoms with Crippen molar-refractivity contribution in [2.45, 2.75) is 24.9 Å². The SMILES string of the molecule is COc1cccc(C(CN)N(CCO)C2CC2)c1. The summed E-state index contributed by atoms with van der Waals surface area (Å²) >= 11 is 0. The minimum Gasteiger partial charge on any atom is -0.497 e. The van der Waals surface area contributed by atoms with Crippen LogP contribution in [0.25, 0.3) is 0 Å². The standard InChI is InChI=1S/C14H22N2O2/c1-18-13-4-2-3-11(9-13)14(10-15)16(7-8-17)12-5-6-12/h2-4,9,12,14,17H,5-8,10,15H2,1H3. The number of rotatable bonds is 7. The van der Waals surface area contributed by atoms with E-state index >= 15 is 0 Å². The zero-order chi connectivity index (χ0) is 13.0. The number of methoxy groups -OCH3 is 1. The van der Waals surface area contributed by atoms with Crippen LogP contribution in [0.1, 0.15) is 24.4 Å². The van der Waals surface area contributed by atoms with Crippen molar-refractivity contribution in [3.8, 4) is 5.75 Å². The number of aliphatic hydroxyl groups excluding tert-OH is 1. The molecule has 1 atom stereocenters. The van der Waals surface area contributed by atoms with Crippen LogP contribution in [-0.2, 0) is 0 Å². The Kier molecular flexibility index (Phi) is 4.58. The average molecular weight is 250 g/mol. The second-order valence-electron chi connectivity index (χ2n) is 4.72. The predicted octanol–water partition coefficient (Wildman–Crippen LogP) is 1.15. The molecule has 1 aromatic carbocycles. The molecule has 1 aromatic rings. The highest BCUT2D eigenvalue weighted by Crippen LogP contribution is 2.34. The minimum atomic E-state index is 0.166. The van der Waals surface area contributed by atoms with Gasteiger partial charge < -0.3 is 15.6 Å². The molecular formula is C14H22N2O2. The number of hydrogen-bond donors (Lipinski definition) is 2. The van der Waals surface area contributed by atoms with Crippen molar-refractivity contribution in [3.05, 3.63) is 29.8 Å². The Bertz CT molecular complexity index is 380. The highest BCUT2D eigenvalue weighted by molar-refractivity contribution is 5.31. The first-order chi connectivity index (χ1) is 8.80. The summed E-state index contributed by atoms with van der Waals surface area (Å²) in [6.07, 6.45) is 2.42. The summed E-state index contributed by atoms with van der Waals surface area (Å²) in [4.78, 5) is 2.31. The molecule has 2 rings (SSSR count). The van der Waals surface area contributed by atoms with Crippen LogP contribution in [0.15, 0.2) is 24.3 Å². The van der Waals surface area contributed by atoms with E-state index in [0.29, 0.717) is 19.1 Å². The Balaban J connectivity index is 2.19. The van der Waals surface area contributed by atoms with Gasteiger partial charge in [-0.05, 0) is 30.5 Å². The Hall–Kier alpha value is -1.10. The maximum Gasteiger partial charge on any atom is 0.119 e. The lowest BCUT2D eigenvalue weighted by Crippen LogP contribution is -2.37. The number of benzene rings is 1. The molecule has 100 valence electrons. The van der Waals surface area contributed by atoms with Crippen molar-refractivity contribution in [2.24, 2.45) is 5.73 Å². The molecule has 0 aliphatic heterocycles. The van der Waals surface area contributed by atoms with E-state index in [-0.39, 0.29) is 12.6 Å². The molecule has 18 heavy (non-hydrogen) atoms. The topological polar surface area (TPSA) is 58.7 Å². The fourth-order valence-corrected chi connectivity index (χ4v) is 2.43. The third-order valence-corrected chi connectivity index (χ3v) is 3.48. The molecule has 0 spiro atoms. The van der Waals surface area contributed by atoms with Gasteiger partial charge >= 0.3 is 0 Å². The zero-order valence-electron chi connectivity index (χ0n) is 10.9. The van der Waals surface area contributed by atoms with Crippen molar-refractivity contribution < 1.29 is 9.84 Å². The van der Waals surface area contributed by atoms with E-state index in [9.17, 15) is 5.11 Å². The van der Waals surface area contributed by atoms with E-state index in [0.717, 1.165) is 11.3 Å². The number of aliphatic hydroxyl groups is 1. The third-order valence-electron chi connectivity index (χ3n) is 3.48. The first-order valence-corrected chi connectivity index (χ1v) is 6.50. The Morgan fingerprint density at radius 3 is 2.83 bits per heavy atom. The van der Waals surface area contributed by atoms with Gasteiger partial charge in [0.15, 0.2) is 0 Å². The number of hydrogen-bond acceptors (Lipinski definition) is 4. The van der Waals surface area contributed by atoms with Gasteiger partial charge in [-0.25, -0.2) is 0 Å². The first-order valence-electron chi connectivity index (χ1n) is 6.50. The van der Waals surface area contributed by atoms with Gasteiger partial charge in [0.25, 0.3) is 0 Å². The van der Waals surface area contributed by atoms with E-state index < -0.39 is 0 Å². The van der Waals surface area contributed by atoms with Crippen molar-refractivity contribution in [3.63, 3.8) is 0 Å². The summed E-state index contributed by atoms with van der Waals surface area (Å²) in [5.41, 5.74) is 7.09. The molecule has 0 aromatic heterocycles. The maximum atomic E-state index is 9.20. The lowest BCUT2D eigenvalue weighted by atomic mass is 10.0. The van der Waals surface area contributed by atoms with Gasteiger partial charge in [0, 0.05) is 25.2 Å². The largest absolute Gasteiger partial charge is 0.497 e. The van der Waals surface area contributed by atoms with Crippen LogP contribution < -0.4 is 10.5 Å². The monoisotopic (exact) mass is 250 g/mol. The summed E-state index contributed by atoms with van der Waals surface area (Å²) in [5, 5.41) is 9.20. The first kappa shape index (κ1) is 13.3. The molecule has 0 saturated heterocycles. The third kappa shape index (κ3) is 3.02. The molecular weight excluding hydrogens is 228 g/mol. The molecule has 0 bridgehead atoms. The average Bonchev–Trinajstić information content (AvgIpc) is 3.23. The summed E-state index contributed by atoms with van der Waals surface area (Å²) in [6.45, 7) is 1.42. The van der Waals surface area contributed by atoms with E-state index in [1.165, 1.54) is 12.8 Å². The number of nitrogens with two attached hydrogens (primary N) is 1. The number of nitrogens with zero attached hydrogens (tertiary/aromatic N) is 1. The Morgan fingerprint density at radius 1 is 1.50 bits per heavy atom. The summed E-state index contributed by atoms with van der Waals surface area (Å²) in [5.74, 6) is 0.852. The lowest BCUT2D eigenvalue weighted by molar-refractivity contribution is 0.145. The molecule has 4 nitrogen and oxygen atoms in total. The van der Waals surface area contributed by atoms with Crippen LogP contribution in [0, 0.1) is 0 Å². The van der Waals surface area contributed by atoms with E-state index in [1.807, 2.05) is 18.2 Å². The highest BCUT2D eigenvalue weighted by Gasteiger charge is 2.33. The molecule has 1 aliphatic rings. The van der Waals surface area contributed by atoms with Crippen molar-refractivity contribution in [1.29, 1.82) is 0 Å². The molecule has 4 heteroatoms. The van der Waals surface area contributed by atoms with Crippen LogP contribution in [-0.4, -0.2) is 42.9 Å². The lowest BCUT2D eigenvalue weighted by Gasteiger charge is -2.31.